The van der Waals surface area contributed by atoms with E-state index >= 15 is 0 Å². The molecule has 0 saturated heterocycles. The molecule has 7 aromatic rings. The normalized spacial score (nSPS) is 11.9. The van der Waals surface area contributed by atoms with Crippen LogP contribution in [0.4, 0.5) is 0 Å². The second kappa shape index (κ2) is 7.90. The van der Waals surface area contributed by atoms with Crippen molar-refractivity contribution < 1.29 is 0 Å². The molecule has 0 fully saturated rings. The Hall–Kier alpha value is -4.20. The van der Waals surface area contributed by atoms with Crippen molar-refractivity contribution in [2.24, 2.45) is 0 Å². The van der Waals surface area contributed by atoms with Crippen LogP contribution in [-0.4, -0.2) is 0 Å². The maximum atomic E-state index is 3.80. The molecular weight excluding hydrogens is 512 g/mol. The Labute approximate surface area is 224 Å². The Balaban J connectivity index is 1.61. The van der Waals surface area contributed by atoms with Gasteiger partial charge in [-0.15, -0.1) is 0 Å². The average Bonchev–Trinajstić information content (AvgIpc) is 3.27. The number of rotatable bonds is 2. The predicted molar refractivity (Wildman–Crippen MR) is 162 cm³/mol. The van der Waals surface area contributed by atoms with Crippen molar-refractivity contribution in [2.75, 3.05) is 0 Å². The first-order valence-electron chi connectivity index (χ1n) is 12.6. The van der Waals surface area contributed by atoms with Crippen molar-refractivity contribution in [3.63, 3.8) is 0 Å². The highest BCUT2D eigenvalue weighted by molar-refractivity contribution is 9.10. The van der Waals surface area contributed by atoms with Gasteiger partial charge in [0.1, 0.15) is 0 Å². The number of fused-ring (bicyclic) bond motifs is 5. The Bertz CT molecular complexity index is 1910. The third kappa shape index (κ3) is 2.95. The Morgan fingerprint density at radius 2 is 0.838 bits per heavy atom. The van der Waals surface area contributed by atoms with E-state index < -0.39 is 0 Å². The summed E-state index contributed by atoms with van der Waals surface area (Å²) in [6.45, 7) is 0. The first-order chi connectivity index (χ1) is 18.3. The van der Waals surface area contributed by atoms with Gasteiger partial charge in [-0.1, -0.05) is 125 Å². The highest BCUT2D eigenvalue weighted by atomic mass is 79.9. The molecule has 0 N–H and O–H groups in total. The molecule has 0 heterocycles. The van der Waals surface area contributed by atoms with E-state index in [-0.39, 0.29) is 0 Å². The van der Waals surface area contributed by atoms with Crippen LogP contribution in [0, 0.1) is 0 Å². The molecule has 37 heavy (non-hydrogen) atoms. The molecule has 0 bridgehead atoms. The lowest BCUT2D eigenvalue weighted by Gasteiger charge is -2.19. The van der Waals surface area contributed by atoms with E-state index in [4.69, 9.17) is 0 Å². The monoisotopic (exact) mass is 532 g/mol. The second-order valence-electron chi connectivity index (χ2n) is 9.79. The zero-order valence-corrected chi connectivity index (χ0v) is 21.6. The summed E-state index contributed by atoms with van der Waals surface area (Å²) < 4.78 is 1.14. The highest BCUT2D eigenvalue weighted by Gasteiger charge is 2.25. The summed E-state index contributed by atoms with van der Waals surface area (Å²) in [4.78, 5) is 0. The molecule has 0 amide bonds. The van der Waals surface area contributed by atoms with Gasteiger partial charge >= 0.3 is 0 Å². The van der Waals surface area contributed by atoms with Crippen LogP contribution >= 0.6 is 15.9 Å². The summed E-state index contributed by atoms with van der Waals surface area (Å²) in [5, 5.41) is 7.78. The maximum absolute atomic E-state index is 3.80. The fraction of sp³-hybridized carbons (Fsp3) is 0. The Morgan fingerprint density at radius 1 is 0.351 bits per heavy atom. The van der Waals surface area contributed by atoms with Gasteiger partial charge in [0.05, 0.1) is 0 Å². The quantitative estimate of drug-likeness (QED) is 0.194. The van der Waals surface area contributed by atoms with Crippen LogP contribution in [0.15, 0.2) is 132 Å². The third-order valence-electron chi connectivity index (χ3n) is 7.85. The lowest BCUT2D eigenvalue weighted by Crippen LogP contribution is -1.92. The fourth-order valence-electron chi connectivity index (χ4n) is 6.32. The van der Waals surface area contributed by atoms with E-state index in [1.807, 2.05) is 0 Å². The van der Waals surface area contributed by atoms with Crippen molar-refractivity contribution in [3.05, 3.63) is 132 Å². The van der Waals surface area contributed by atoms with Gasteiger partial charge in [0.2, 0.25) is 0 Å². The Morgan fingerprint density at radius 3 is 1.41 bits per heavy atom. The zero-order chi connectivity index (χ0) is 24.5. The van der Waals surface area contributed by atoms with Crippen molar-refractivity contribution in [1.82, 2.24) is 0 Å². The molecule has 7 aromatic carbocycles. The Kier molecular flexibility index (Phi) is 4.47. The lowest BCUT2D eigenvalue weighted by atomic mass is 9.84. The molecule has 1 aliphatic rings. The van der Waals surface area contributed by atoms with Gasteiger partial charge in [0.15, 0.2) is 0 Å². The SMILES string of the molecule is Brc1ccc2c3c(cccc13)-c1cc3c(-c4ccccc4)c4ccccc4c(-c4ccccc4)c3cc1-2. The van der Waals surface area contributed by atoms with E-state index in [2.05, 4.69) is 143 Å². The molecular formula is C36H21Br. The molecule has 0 atom stereocenters. The first kappa shape index (κ1) is 20.9. The third-order valence-corrected chi connectivity index (χ3v) is 8.55. The van der Waals surface area contributed by atoms with E-state index in [0.29, 0.717) is 0 Å². The van der Waals surface area contributed by atoms with Gasteiger partial charge < -0.3 is 0 Å². The summed E-state index contributed by atoms with van der Waals surface area (Å²) in [6.07, 6.45) is 0. The largest absolute Gasteiger partial charge is 0.0622 e. The van der Waals surface area contributed by atoms with Crippen LogP contribution < -0.4 is 0 Å². The standard InChI is InChI=1S/C36H21Br/c37-33-19-18-27-30-21-32-31(20-29(30)26-16-9-17-28(33)36(26)27)34(22-10-3-1-4-11-22)24-14-7-8-15-25(24)35(32)23-12-5-2-6-13-23/h1-21H. The molecule has 0 aromatic heterocycles. The van der Waals surface area contributed by atoms with Crippen LogP contribution in [0.3, 0.4) is 0 Å². The molecule has 0 saturated carbocycles. The van der Waals surface area contributed by atoms with Crippen LogP contribution in [0.5, 0.6) is 0 Å². The lowest BCUT2D eigenvalue weighted by molar-refractivity contribution is 1.65. The number of benzene rings is 7. The van der Waals surface area contributed by atoms with E-state index in [1.165, 1.54) is 76.8 Å². The highest BCUT2D eigenvalue weighted by Crippen LogP contribution is 2.53. The summed E-state index contributed by atoms with van der Waals surface area (Å²) in [5.41, 5.74) is 10.4. The van der Waals surface area contributed by atoms with Crippen LogP contribution in [-0.2, 0) is 0 Å². The van der Waals surface area contributed by atoms with Gasteiger partial charge in [-0.3, -0.25) is 0 Å². The molecule has 0 spiro atoms. The van der Waals surface area contributed by atoms with Crippen LogP contribution in [0.1, 0.15) is 0 Å². The van der Waals surface area contributed by atoms with Gasteiger partial charge in [0, 0.05) is 4.47 Å². The molecule has 172 valence electrons. The smallest absolute Gasteiger partial charge is 0.0254 e. The van der Waals surface area contributed by atoms with Crippen LogP contribution in [0.25, 0.3) is 76.8 Å². The van der Waals surface area contributed by atoms with Gasteiger partial charge in [-0.25, -0.2) is 0 Å². The molecule has 0 nitrogen and oxygen atoms in total. The van der Waals surface area contributed by atoms with E-state index in [9.17, 15) is 0 Å². The number of halogens is 1. The molecule has 1 aliphatic carbocycles. The number of hydrogen-bond donors (Lipinski definition) is 0. The molecule has 0 radical (unpaired) electrons. The van der Waals surface area contributed by atoms with Gasteiger partial charge in [0.25, 0.3) is 0 Å². The molecule has 1 heteroatoms. The van der Waals surface area contributed by atoms with Crippen molar-refractivity contribution in [3.8, 4) is 44.5 Å². The topological polar surface area (TPSA) is 0 Å². The minimum absolute atomic E-state index is 1.14. The van der Waals surface area contributed by atoms with Crippen LogP contribution in [0.2, 0.25) is 0 Å². The second-order valence-corrected chi connectivity index (χ2v) is 10.6. The first-order valence-corrected chi connectivity index (χ1v) is 13.4. The molecule has 0 aliphatic heterocycles. The molecule has 0 unspecified atom stereocenters. The average molecular weight is 533 g/mol. The summed E-state index contributed by atoms with van der Waals surface area (Å²) >= 11 is 3.80. The summed E-state index contributed by atoms with van der Waals surface area (Å²) in [6, 6.07) is 46.6. The predicted octanol–water partition coefficient (Wildman–Crippen LogP) is 10.9. The van der Waals surface area contributed by atoms with E-state index in [0.717, 1.165) is 4.47 Å². The number of hydrogen-bond acceptors (Lipinski definition) is 0. The zero-order valence-electron chi connectivity index (χ0n) is 20.0. The van der Waals surface area contributed by atoms with Gasteiger partial charge in [-0.2, -0.15) is 0 Å². The summed E-state index contributed by atoms with van der Waals surface area (Å²) in [7, 11) is 0. The van der Waals surface area contributed by atoms with Crippen molar-refractivity contribution >= 4 is 48.2 Å². The maximum Gasteiger partial charge on any atom is 0.0254 e. The minimum atomic E-state index is 1.14. The van der Waals surface area contributed by atoms with Crippen molar-refractivity contribution in [2.45, 2.75) is 0 Å². The van der Waals surface area contributed by atoms with Gasteiger partial charge in [-0.05, 0) is 95.0 Å². The fourth-order valence-corrected chi connectivity index (χ4v) is 6.78. The van der Waals surface area contributed by atoms with E-state index in [1.54, 1.807) is 0 Å². The van der Waals surface area contributed by atoms with Crippen molar-refractivity contribution in [1.29, 1.82) is 0 Å². The minimum Gasteiger partial charge on any atom is -0.0622 e. The molecule has 8 rings (SSSR count). The summed E-state index contributed by atoms with van der Waals surface area (Å²) in [5.74, 6) is 0.